The molecule has 1 aromatic carbocycles. The number of hydrogen-bond donors (Lipinski definition) is 2. The van der Waals surface area contributed by atoms with Crippen LogP contribution in [0.2, 0.25) is 0 Å². The highest BCUT2D eigenvalue weighted by Crippen LogP contribution is 2.36. The number of nitrogens with one attached hydrogen (secondary N) is 2. The van der Waals surface area contributed by atoms with Gasteiger partial charge in [0.1, 0.15) is 0 Å². The monoisotopic (exact) mass is 334 g/mol. The molecule has 19 heavy (non-hydrogen) atoms. The summed E-state index contributed by atoms with van der Waals surface area (Å²) in [6.45, 7) is 0.0114. The Hall–Kier alpha value is -1.52. The lowest BCUT2D eigenvalue weighted by atomic mass is 10.1. The summed E-state index contributed by atoms with van der Waals surface area (Å²) in [6.07, 6.45) is 0.424. The highest BCUT2D eigenvalue weighted by atomic mass is 79.9. The molecule has 0 unspecified atom stereocenters. The Balaban J connectivity index is 2.84. The van der Waals surface area contributed by atoms with Crippen molar-refractivity contribution in [2.75, 3.05) is 18.4 Å². The van der Waals surface area contributed by atoms with Crippen LogP contribution < -0.4 is 10.6 Å². The molecule has 0 aromatic heterocycles. The van der Waals surface area contributed by atoms with Gasteiger partial charge in [0.25, 0.3) is 0 Å². The molecule has 7 heteroatoms. The summed E-state index contributed by atoms with van der Waals surface area (Å²) in [5.41, 5.74) is -1.20. The highest BCUT2D eigenvalue weighted by molar-refractivity contribution is 9.10. The van der Waals surface area contributed by atoms with E-state index in [-0.39, 0.29) is 23.2 Å². The van der Waals surface area contributed by atoms with Gasteiger partial charge < -0.3 is 5.32 Å². The van der Waals surface area contributed by atoms with Crippen LogP contribution in [0, 0.1) is 12.3 Å². The van der Waals surface area contributed by atoms with Crippen molar-refractivity contribution in [1.82, 2.24) is 5.32 Å². The van der Waals surface area contributed by atoms with Crippen molar-refractivity contribution in [3.05, 3.63) is 28.2 Å². The smallest absolute Gasteiger partial charge is 0.324 e. The third kappa shape index (κ3) is 4.93. The third-order valence-electron chi connectivity index (χ3n) is 2.07. The van der Waals surface area contributed by atoms with E-state index in [4.69, 9.17) is 6.42 Å². The number of anilines is 1. The number of carbonyl (C=O) groups is 1. The van der Waals surface area contributed by atoms with Gasteiger partial charge in [-0.2, -0.15) is 13.2 Å². The number of amides is 1. The van der Waals surface area contributed by atoms with E-state index in [0.717, 1.165) is 6.07 Å². The van der Waals surface area contributed by atoms with Gasteiger partial charge in [-0.15, -0.1) is 6.42 Å². The molecular weight excluding hydrogens is 325 g/mol. The largest absolute Gasteiger partial charge is 0.418 e. The van der Waals surface area contributed by atoms with Crippen LogP contribution in [0.15, 0.2) is 22.7 Å². The molecule has 0 aliphatic rings. The van der Waals surface area contributed by atoms with Crippen molar-refractivity contribution in [3.8, 4) is 12.3 Å². The van der Waals surface area contributed by atoms with Crippen LogP contribution in [0.4, 0.5) is 18.9 Å². The number of benzene rings is 1. The molecule has 2 N–H and O–H groups in total. The molecule has 0 bridgehead atoms. The molecule has 1 rings (SSSR count). The van der Waals surface area contributed by atoms with Gasteiger partial charge in [-0.1, -0.05) is 21.9 Å². The molecule has 1 aromatic rings. The summed E-state index contributed by atoms with van der Waals surface area (Å²) in [7, 11) is 0. The second-order valence-corrected chi connectivity index (χ2v) is 4.46. The van der Waals surface area contributed by atoms with Crippen LogP contribution in [0.1, 0.15) is 5.56 Å². The summed E-state index contributed by atoms with van der Waals surface area (Å²) in [4.78, 5) is 11.4. The third-order valence-corrected chi connectivity index (χ3v) is 2.57. The summed E-state index contributed by atoms with van der Waals surface area (Å²) < 4.78 is 38.6. The van der Waals surface area contributed by atoms with E-state index in [1.54, 1.807) is 0 Å². The molecule has 3 nitrogen and oxygen atoms in total. The van der Waals surface area contributed by atoms with E-state index in [9.17, 15) is 18.0 Å². The van der Waals surface area contributed by atoms with Crippen molar-refractivity contribution < 1.29 is 18.0 Å². The fourth-order valence-corrected chi connectivity index (χ4v) is 1.66. The lowest BCUT2D eigenvalue weighted by molar-refractivity contribution is -0.137. The average molecular weight is 335 g/mol. The van der Waals surface area contributed by atoms with Crippen molar-refractivity contribution >= 4 is 27.5 Å². The fraction of sp³-hybridized carbons (Fsp3) is 0.250. The Morgan fingerprint density at radius 2 is 2.11 bits per heavy atom. The number of halogens is 4. The molecular formula is C12H10BrF3N2O. The maximum absolute atomic E-state index is 12.8. The number of rotatable bonds is 4. The van der Waals surface area contributed by atoms with Crippen LogP contribution in [0.5, 0.6) is 0 Å². The summed E-state index contributed by atoms with van der Waals surface area (Å²) >= 11 is 2.96. The number of terminal acetylenes is 1. The van der Waals surface area contributed by atoms with Crippen LogP contribution in [0.3, 0.4) is 0 Å². The maximum Gasteiger partial charge on any atom is 0.418 e. The van der Waals surface area contributed by atoms with E-state index >= 15 is 0 Å². The Kier molecular flexibility index (Phi) is 5.39. The molecule has 0 fully saturated rings. The van der Waals surface area contributed by atoms with E-state index in [0.29, 0.717) is 0 Å². The molecule has 102 valence electrons. The zero-order valence-corrected chi connectivity index (χ0v) is 11.2. The quantitative estimate of drug-likeness (QED) is 0.656. The van der Waals surface area contributed by atoms with Gasteiger partial charge in [-0.05, 0) is 18.2 Å². The van der Waals surface area contributed by atoms with E-state index < -0.39 is 17.6 Å². The Morgan fingerprint density at radius 1 is 1.42 bits per heavy atom. The molecule has 0 saturated carbocycles. The van der Waals surface area contributed by atoms with Crippen LogP contribution >= 0.6 is 15.9 Å². The first-order valence-electron chi connectivity index (χ1n) is 5.15. The van der Waals surface area contributed by atoms with Gasteiger partial charge in [0.05, 0.1) is 24.3 Å². The predicted octanol–water partition coefficient (Wildman–Crippen LogP) is 2.63. The van der Waals surface area contributed by atoms with Crippen LogP contribution in [0.25, 0.3) is 0 Å². The number of hydrogen-bond acceptors (Lipinski definition) is 2. The minimum absolute atomic E-state index is 0.155. The second-order valence-electron chi connectivity index (χ2n) is 3.54. The maximum atomic E-state index is 12.8. The first-order valence-corrected chi connectivity index (χ1v) is 5.94. The SMILES string of the molecule is C#CCNCC(=O)Nc1ccc(Br)cc1C(F)(F)F. The van der Waals surface area contributed by atoms with E-state index in [1.807, 2.05) is 0 Å². The summed E-state index contributed by atoms with van der Waals surface area (Å²) in [5.74, 6) is 1.66. The lowest BCUT2D eigenvalue weighted by Crippen LogP contribution is -2.29. The fourth-order valence-electron chi connectivity index (χ4n) is 1.30. The van der Waals surface area contributed by atoms with Gasteiger partial charge in [-0.25, -0.2) is 0 Å². The zero-order chi connectivity index (χ0) is 14.5. The molecule has 0 aliphatic heterocycles. The van der Waals surface area contributed by atoms with Crippen LogP contribution in [-0.4, -0.2) is 19.0 Å². The van der Waals surface area contributed by atoms with Gasteiger partial charge >= 0.3 is 6.18 Å². The second kappa shape index (κ2) is 6.59. The first kappa shape index (κ1) is 15.5. The van der Waals surface area contributed by atoms with Gasteiger partial charge in [-0.3, -0.25) is 10.1 Å². The Morgan fingerprint density at radius 3 is 2.68 bits per heavy atom. The average Bonchev–Trinajstić information content (AvgIpc) is 2.30. The molecule has 0 heterocycles. The van der Waals surface area contributed by atoms with Gasteiger partial charge in [0.15, 0.2) is 0 Å². The number of alkyl halides is 3. The van der Waals surface area contributed by atoms with Crippen LogP contribution in [-0.2, 0) is 11.0 Å². The van der Waals surface area contributed by atoms with Crippen molar-refractivity contribution in [2.45, 2.75) is 6.18 Å². The zero-order valence-electron chi connectivity index (χ0n) is 9.64. The molecule has 0 spiro atoms. The minimum Gasteiger partial charge on any atom is -0.324 e. The minimum atomic E-state index is -4.54. The lowest BCUT2D eigenvalue weighted by Gasteiger charge is -2.14. The molecule has 0 aliphatic carbocycles. The Labute approximate surface area is 116 Å². The van der Waals surface area contributed by atoms with Crippen molar-refractivity contribution in [3.63, 3.8) is 0 Å². The highest BCUT2D eigenvalue weighted by Gasteiger charge is 2.34. The normalized spacial score (nSPS) is 10.9. The standard InChI is InChI=1S/C12H10BrF3N2O/c1-2-5-17-7-11(19)18-10-4-3-8(13)6-9(10)12(14,15)16/h1,3-4,6,17H,5,7H2,(H,18,19). The summed E-state index contributed by atoms with van der Waals surface area (Å²) in [5, 5.41) is 4.78. The van der Waals surface area contributed by atoms with Gasteiger partial charge in [0.2, 0.25) is 5.91 Å². The molecule has 0 radical (unpaired) electrons. The van der Waals surface area contributed by atoms with E-state index in [1.165, 1.54) is 12.1 Å². The topological polar surface area (TPSA) is 41.1 Å². The molecule has 0 atom stereocenters. The molecule has 1 amide bonds. The predicted molar refractivity (Wildman–Crippen MR) is 69.5 cm³/mol. The summed E-state index contributed by atoms with van der Waals surface area (Å²) in [6, 6.07) is 3.51. The molecule has 0 saturated heterocycles. The first-order chi connectivity index (χ1) is 8.84. The van der Waals surface area contributed by atoms with Crippen molar-refractivity contribution in [1.29, 1.82) is 0 Å². The van der Waals surface area contributed by atoms with Gasteiger partial charge in [0, 0.05) is 4.47 Å². The van der Waals surface area contributed by atoms with Crippen molar-refractivity contribution in [2.24, 2.45) is 0 Å². The Bertz CT molecular complexity index is 509. The van der Waals surface area contributed by atoms with E-state index in [2.05, 4.69) is 32.5 Å². The number of carbonyl (C=O) groups excluding carboxylic acids is 1.